The summed E-state index contributed by atoms with van der Waals surface area (Å²) in [5, 5.41) is 12.3. The third-order valence-electron chi connectivity index (χ3n) is 2.00. The number of alkyl halides is 3. The number of likely N-dealkylation sites (N-methyl/N-ethyl adjacent to an activating group) is 1. The number of nitrogens with zero attached hydrogens (tertiary/aromatic N) is 2. The van der Waals surface area contributed by atoms with E-state index < -0.39 is 19.1 Å². The zero-order valence-electron chi connectivity index (χ0n) is 13.4. The molecule has 0 bridgehead atoms. The molecule has 0 saturated heterocycles. The summed E-state index contributed by atoms with van der Waals surface area (Å²) in [6.07, 6.45) is -1.04. The topological polar surface area (TPSA) is 72.5 Å². The van der Waals surface area contributed by atoms with Crippen LogP contribution < -0.4 is 10.4 Å². The van der Waals surface area contributed by atoms with Gasteiger partial charge in [-0.15, -0.1) is 4.39 Å². The number of halogens is 4. The molecule has 1 N–H and O–H groups in total. The lowest BCUT2D eigenvalue weighted by Crippen LogP contribution is -2.49. The second-order valence-corrected chi connectivity index (χ2v) is 5.04. The summed E-state index contributed by atoms with van der Waals surface area (Å²) in [7, 11) is 6.82. The summed E-state index contributed by atoms with van der Waals surface area (Å²) >= 11 is 0. The number of hydrogen-bond donors (Lipinski definition) is 1. The Bertz CT molecular complexity index is 293. The largest absolute Gasteiger partial charge is 0.544 e. The van der Waals surface area contributed by atoms with E-state index in [0.29, 0.717) is 13.0 Å². The Morgan fingerprint density at radius 1 is 1.18 bits per heavy atom. The fourth-order valence-electron chi connectivity index (χ4n) is 1.12. The molecule has 134 valence electrons. The van der Waals surface area contributed by atoms with E-state index in [-0.39, 0.29) is 24.4 Å². The van der Waals surface area contributed by atoms with Gasteiger partial charge in [-0.3, -0.25) is 4.90 Å². The first-order chi connectivity index (χ1) is 10.0. The van der Waals surface area contributed by atoms with Gasteiger partial charge in [-0.2, -0.15) is 0 Å². The van der Waals surface area contributed by atoms with Gasteiger partial charge in [0.15, 0.2) is 0 Å². The van der Waals surface area contributed by atoms with Crippen molar-refractivity contribution >= 4 is 12.1 Å². The van der Waals surface area contributed by atoms with Gasteiger partial charge in [0.2, 0.25) is 6.93 Å². The molecule has 22 heavy (non-hydrogen) atoms. The molecule has 0 radical (unpaired) electrons. The first kappa shape index (κ1) is 25.5. The predicted molar refractivity (Wildman–Crippen MR) is 72.7 cm³/mol. The number of aliphatic carboxylic acids is 1. The molecule has 0 fully saturated rings. The van der Waals surface area contributed by atoms with Crippen LogP contribution in [0.25, 0.3) is 0 Å². The van der Waals surface area contributed by atoms with Crippen LogP contribution in [0.5, 0.6) is 0 Å². The van der Waals surface area contributed by atoms with Crippen LogP contribution >= 0.6 is 0 Å². The monoisotopic (exact) mass is 335 g/mol. The molecule has 0 saturated carbocycles. The maximum atomic E-state index is 11.7. The van der Waals surface area contributed by atoms with E-state index >= 15 is 0 Å². The fourth-order valence-corrected chi connectivity index (χ4v) is 1.12. The lowest BCUT2D eigenvalue weighted by molar-refractivity contribution is -0.884. The van der Waals surface area contributed by atoms with Crippen molar-refractivity contribution in [1.82, 2.24) is 10.2 Å². The number of carboxylic acid groups (broad SMARTS) is 1. The summed E-state index contributed by atoms with van der Waals surface area (Å²) in [5.41, 5.74) is 0. The zero-order valence-corrected chi connectivity index (χ0v) is 13.4. The third-order valence-corrected chi connectivity index (χ3v) is 2.00. The molecule has 0 rings (SSSR count). The van der Waals surface area contributed by atoms with E-state index in [9.17, 15) is 32.3 Å². The van der Waals surface area contributed by atoms with Gasteiger partial charge in [-0.25, -0.2) is 18.0 Å². The SMILES string of the molecule is CN(C)CF.C[N+](C)(CCCNC(=O)F)CC(=O)[O-].FCF. The normalized spacial score (nSPS) is 10.0. The minimum absolute atomic E-state index is 0.0937. The summed E-state index contributed by atoms with van der Waals surface area (Å²) in [6, 6.07) is 0. The molecule has 10 heteroatoms. The molecular weight excluding hydrogens is 310 g/mol. The molecule has 0 aromatic rings. The van der Waals surface area contributed by atoms with Crippen LogP contribution in [0.3, 0.4) is 0 Å². The average molecular weight is 335 g/mol. The van der Waals surface area contributed by atoms with Crippen LogP contribution in [0, 0.1) is 0 Å². The van der Waals surface area contributed by atoms with Gasteiger partial charge in [0.25, 0.3) is 0 Å². The number of carboxylic acids is 1. The number of hydrogen-bond acceptors (Lipinski definition) is 4. The summed E-state index contributed by atoms with van der Waals surface area (Å²) in [6.45, 7) is -1.46. The standard InChI is InChI=1S/C8H15FN2O3.C3H8FN.CH2F2/c1-11(2,6-7(12)13)5-3-4-10-8(9)14;1-5(2)3-4;2-1-3/h3-6H2,1-2H3,(H-,10,12,13,14);3H2,1-2H3;1H2. The van der Waals surface area contributed by atoms with Crippen LogP contribution in [-0.2, 0) is 4.79 Å². The van der Waals surface area contributed by atoms with Crippen LogP contribution in [-0.4, -0.2) is 83.1 Å². The van der Waals surface area contributed by atoms with Gasteiger partial charge >= 0.3 is 6.16 Å². The van der Waals surface area contributed by atoms with E-state index in [1.807, 2.05) is 5.32 Å². The maximum absolute atomic E-state index is 11.7. The number of quaternary nitrogens is 1. The minimum atomic E-state index is -1.75. The number of amides is 1. The van der Waals surface area contributed by atoms with Crippen molar-refractivity contribution in [1.29, 1.82) is 0 Å². The molecule has 0 heterocycles. The average Bonchev–Trinajstić information content (AvgIpc) is 2.34. The Labute approximate surface area is 128 Å². The molecule has 1 amide bonds. The Hall–Kier alpha value is -1.42. The van der Waals surface area contributed by atoms with Crippen molar-refractivity contribution in [3.8, 4) is 0 Å². The van der Waals surface area contributed by atoms with Gasteiger partial charge in [0.05, 0.1) is 26.6 Å². The van der Waals surface area contributed by atoms with E-state index in [2.05, 4.69) is 0 Å². The van der Waals surface area contributed by atoms with Gasteiger partial charge in [0.1, 0.15) is 13.3 Å². The highest BCUT2D eigenvalue weighted by Crippen LogP contribution is 1.97. The van der Waals surface area contributed by atoms with E-state index in [4.69, 9.17) is 0 Å². The van der Waals surface area contributed by atoms with Crippen LogP contribution in [0.2, 0.25) is 0 Å². The highest BCUT2D eigenvalue weighted by Gasteiger charge is 2.14. The second-order valence-electron chi connectivity index (χ2n) is 5.04. The molecule has 0 aliphatic rings. The fraction of sp³-hybridized carbons (Fsp3) is 0.833. The molecule has 0 aromatic heterocycles. The Morgan fingerprint density at radius 3 is 1.86 bits per heavy atom. The highest BCUT2D eigenvalue weighted by molar-refractivity contribution is 5.65. The zero-order chi connectivity index (χ0) is 18.2. The quantitative estimate of drug-likeness (QED) is 0.238. The predicted octanol–water partition coefficient (Wildman–Crippen LogP) is 0.240. The molecule has 0 unspecified atom stereocenters. The number of rotatable bonds is 7. The van der Waals surface area contributed by atoms with E-state index in [0.717, 1.165) is 0 Å². The first-order valence-electron chi connectivity index (χ1n) is 6.30. The molecule has 0 spiro atoms. The summed E-state index contributed by atoms with van der Waals surface area (Å²) < 4.78 is 42.2. The van der Waals surface area contributed by atoms with Crippen LogP contribution in [0.4, 0.5) is 22.4 Å². The third kappa shape index (κ3) is 31.1. The van der Waals surface area contributed by atoms with Gasteiger partial charge in [-0.1, -0.05) is 0 Å². The van der Waals surface area contributed by atoms with Gasteiger partial charge < -0.3 is 19.7 Å². The van der Waals surface area contributed by atoms with Crippen molar-refractivity contribution in [2.45, 2.75) is 6.42 Å². The Morgan fingerprint density at radius 2 is 1.59 bits per heavy atom. The van der Waals surface area contributed by atoms with E-state index in [1.165, 1.54) is 4.90 Å². The molecule has 0 aliphatic carbocycles. The molecule has 0 aromatic carbocycles. The van der Waals surface area contributed by atoms with Gasteiger partial charge in [0, 0.05) is 13.0 Å². The molecule has 0 aliphatic heterocycles. The van der Waals surface area contributed by atoms with E-state index in [1.54, 1.807) is 28.2 Å². The molecule has 6 nitrogen and oxygen atoms in total. The lowest BCUT2D eigenvalue weighted by atomic mass is 10.3. The molecule has 0 atom stereocenters. The molecular formula is C12H25F4N3O3. The number of carbonyl (C=O) groups is 2. The summed E-state index contributed by atoms with van der Waals surface area (Å²) in [4.78, 5) is 21.6. The smallest absolute Gasteiger partial charge is 0.397 e. The van der Waals surface area contributed by atoms with Crippen molar-refractivity contribution in [3.05, 3.63) is 0 Å². The van der Waals surface area contributed by atoms with Crippen LogP contribution in [0.1, 0.15) is 6.42 Å². The first-order valence-corrected chi connectivity index (χ1v) is 6.30. The maximum Gasteiger partial charge on any atom is 0.397 e. The van der Waals surface area contributed by atoms with Crippen LogP contribution in [0.15, 0.2) is 0 Å². The summed E-state index contributed by atoms with van der Waals surface area (Å²) in [5.74, 6) is -1.12. The van der Waals surface area contributed by atoms with Crippen molar-refractivity contribution in [3.63, 3.8) is 0 Å². The van der Waals surface area contributed by atoms with Crippen molar-refractivity contribution in [2.24, 2.45) is 0 Å². The number of nitrogens with one attached hydrogen (secondary N) is 1. The lowest BCUT2D eigenvalue weighted by Gasteiger charge is -2.29. The van der Waals surface area contributed by atoms with Gasteiger partial charge in [-0.05, 0) is 14.1 Å². The van der Waals surface area contributed by atoms with Crippen molar-refractivity contribution < 1.29 is 36.7 Å². The second kappa shape index (κ2) is 16.0. The Kier molecular flexibility index (Phi) is 18.5. The Balaban J connectivity index is -0.000000373. The minimum Gasteiger partial charge on any atom is -0.544 e. The van der Waals surface area contributed by atoms with Crippen molar-refractivity contribution in [2.75, 3.05) is 61.6 Å². The number of carbonyl (C=O) groups excluding carboxylic acids is 2. The highest BCUT2D eigenvalue weighted by atomic mass is 19.3.